The van der Waals surface area contributed by atoms with Crippen molar-refractivity contribution in [3.8, 4) is 5.75 Å². The van der Waals surface area contributed by atoms with E-state index < -0.39 is 5.91 Å². The molecule has 29 heavy (non-hydrogen) atoms. The van der Waals surface area contributed by atoms with E-state index in [1.165, 1.54) is 12.7 Å². The number of hydrazine groups is 1. The van der Waals surface area contributed by atoms with Crippen LogP contribution in [-0.4, -0.2) is 32.0 Å². The Labute approximate surface area is 169 Å². The van der Waals surface area contributed by atoms with Crippen LogP contribution in [0.3, 0.4) is 0 Å². The first-order chi connectivity index (χ1) is 14.2. The van der Waals surface area contributed by atoms with Crippen LogP contribution in [0.4, 0.5) is 5.69 Å². The summed E-state index contributed by atoms with van der Waals surface area (Å²) in [5.41, 5.74) is 7.73. The van der Waals surface area contributed by atoms with E-state index in [4.69, 9.17) is 4.74 Å². The molecule has 6 heteroatoms. The Morgan fingerprint density at radius 3 is 2.52 bits per heavy atom. The van der Waals surface area contributed by atoms with Crippen molar-refractivity contribution in [3.05, 3.63) is 71.8 Å². The summed E-state index contributed by atoms with van der Waals surface area (Å²) >= 11 is 0. The number of carbonyl (C=O) groups is 2. The van der Waals surface area contributed by atoms with Crippen molar-refractivity contribution in [3.63, 3.8) is 0 Å². The highest BCUT2D eigenvalue weighted by atomic mass is 16.5. The number of nitrogens with one attached hydrogen (secondary N) is 2. The van der Waals surface area contributed by atoms with Gasteiger partial charge in [-0.05, 0) is 47.4 Å². The molecule has 0 saturated heterocycles. The number of rotatable bonds is 4. The average Bonchev–Trinajstić information content (AvgIpc) is 2.76. The molecule has 0 atom stereocenters. The number of nitrogens with zero attached hydrogens (tertiary/aromatic N) is 1. The Morgan fingerprint density at radius 2 is 1.72 bits per heavy atom. The Kier molecular flexibility index (Phi) is 5.33. The molecular weight excluding hydrogens is 366 g/mol. The van der Waals surface area contributed by atoms with Crippen LogP contribution >= 0.6 is 0 Å². The number of hydrogen-bond donors (Lipinski definition) is 2. The number of aryl methyl sites for hydroxylation is 1. The fraction of sp³-hybridized carbons (Fsp3) is 0.217. The highest BCUT2D eigenvalue weighted by Gasteiger charge is 2.19. The van der Waals surface area contributed by atoms with Gasteiger partial charge in [-0.15, -0.1) is 0 Å². The summed E-state index contributed by atoms with van der Waals surface area (Å²) in [6, 6.07) is 19.4. The fourth-order valence-corrected chi connectivity index (χ4v) is 3.75. The topological polar surface area (TPSA) is 70.7 Å². The molecule has 1 aliphatic rings. The van der Waals surface area contributed by atoms with E-state index in [0.29, 0.717) is 11.3 Å². The average molecular weight is 389 g/mol. The quantitative estimate of drug-likeness (QED) is 0.673. The van der Waals surface area contributed by atoms with Crippen molar-refractivity contribution in [1.82, 2.24) is 10.9 Å². The molecular formula is C23H23N3O3. The number of methoxy groups -OCH3 is 1. The van der Waals surface area contributed by atoms with Crippen LogP contribution in [0, 0.1) is 0 Å². The minimum atomic E-state index is -0.417. The van der Waals surface area contributed by atoms with Gasteiger partial charge >= 0.3 is 0 Å². The van der Waals surface area contributed by atoms with Crippen LogP contribution < -0.4 is 20.5 Å². The number of ether oxygens (including phenoxy) is 1. The predicted molar refractivity (Wildman–Crippen MR) is 113 cm³/mol. The van der Waals surface area contributed by atoms with Gasteiger partial charge in [0.05, 0.1) is 19.2 Å². The maximum absolute atomic E-state index is 12.6. The van der Waals surface area contributed by atoms with Crippen LogP contribution in [-0.2, 0) is 11.2 Å². The molecule has 0 spiro atoms. The third-order valence-corrected chi connectivity index (χ3v) is 5.17. The minimum Gasteiger partial charge on any atom is -0.496 e. The maximum atomic E-state index is 12.6. The van der Waals surface area contributed by atoms with Crippen LogP contribution in [0.1, 0.15) is 22.3 Å². The molecule has 2 amide bonds. The largest absolute Gasteiger partial charge is 0.496 e. The second kappa shape index (κ2) is 8.22. The molecule has 0 saturated carbocycles. The van der Waals surface area contributed by atoms with Crippen molar-refractivity contribution < 1.29 is 14.3 Å². The first-order valence-corrected chi connectivity index (χ1v) is 9.64. The summed E-state index contributed by atoms with van der Waals surface area (Å²) in [6.07, 6.45) is 2.03. The number of carbonyl (C=O) groups excluding carboxylic acids is 2. The monoisotopic (exact) mass is 389 g/mol. The number of anilines is 1. The van der Waals surface area contributed by atoms with E-state index in [2.05, 4.69) is 16.9 Å². The second-order valence-corrected chi connectivity index (χ2v) is 7.06. The van der Waals surface area contributed by atoms with Gasteiger partial charge in [0, 0.05) is 12.2 Å². The molecule has 148 valence electrons. The van der Waals surface area contributed by atoms with E-state index in [9.17, 15) is 9.59 Å². The first kappa shape index (κ1) is 18.8. The highest BCUT2D eigenvalue weighted by Crippen LogP contribution is 2.27. The molecule has 3 aromatic carbocycles. The lowest BCUT2D eigenvalue weighted by molar-refractivity contribution is -0.120. The molecule has 3 aromatic rings. The zero-order chi connectivity index (χ0) is 20.2. The molecule has 0 fully saturated rings. The summed E-state index contributed by atoms with van der Waals surface area (Å²) in [6.45, 7) is 1.00. The molecule has 2 N–H and O–H groups in total. The molecule has 0 unspecified atom stereocenters. The number of para-hydroxylation sites is 1. The standard InChI is InChI=1S/C23H23N3O3/c1-29-21-14-18-9-3-2-8-17(18)13-19(21)23(28)25-24-22(27)15-26-12-6-10-16-7-4-5-11-20(16)26/h2-5,7-9,11,13-14H,6,10,12,15H2,1H3,(H,24,27)(H,25,28). The first-order valence-electron chi connectivity index (χ1n) is 9.64. The number of fused-ring (bicyclic) bond motifs is 2. The van der Waals surface area contributed by atoms with E-state index >= 15 is 0 Å². The van der Waals surface area contributed by atoms with E-state index in [1.807, 2.05) is 53.4 Å². The normalized spacial score (nSPS) is 12.9. The van der Waals surface area contributed by atoms with Gasteiger partial charge in [-0.2, -0.15) is 0 Å². The SMILES string of the molecule is COc1cc2ccccc2cc1C(=O)NNC(=O)CN1CCCc2ccccc21. The van der Waals surface area contributed by atoms with Gasteiger partial charge in [-0.25, -0.2) is 0 Å². The predicted octanol–water partition coefficient (Wildman–Crippen LogP) is 3.06. The van der Waals surface area contributed by atoms with Gasteiger partial charge in [0.1, 0.15) is 5.75 Å². The third-order valence-electron chi connectivity index (χ3n) is 5.17. The van der Waals surface area contributed by atoms with Crippen molar-refractivity contribution in [2.24, 2.45) is 0 Å². The minimum absolute atomic E-state index is 0.187. The van der Waals surface area contributed by atoms with Gasteiger partial charge in [0.25, 0.3) is 11.8 Å². The molecule has 6 nitrogen and oxygen atoms in total. The van der Waals surface area contributed by atoms with Crippen LogP contribution in [0.25, 0.3) is 10.8 Å². The molecule has 4 rings (SSSR count). The Morgan fingerprint density at radius 1 is 1.00 bits per heavy atom. The van der Waals surface area contributed by atoms with Gasteiger partial charge in [0.2, 0.25) is 0 Å². The van der Waals surface area contributed by atoms with E-state index in [1.54, 1.807) is 6.07 Å². The smallest absolute Gasteiger partial charge is 0.273 e. The molecule has 0 aromatic heterocycles. The number of amides is 2. The molecule has 0 radical (unpaired) electrons. The molecule has 1 heterocycles. The Bertz CT molecular complexity index is 1060. The molecule has 1 aliphatic heterocycles. The summed E-state index contributed by atoms with van der Waals surface area (Å²) in [7, 11) is 1.52. The summed E-state index contributed by atoms with van der Waals surface area (Å²) in [5.74, 6) is -0.227. The van der Waals surface area contributed by atoms with Gasteiger partial charge in [0.15, 0.2) is 0 Å². The number of hydrogen-bond acceptors (Lipinski definition) is 4. The number of benzene rings is 3. The van der Waals surface area contributed by atoms with Gasteiger partial charge < -0.3 is 9.64 Å². The lowest BCUT2D eigenvalue weighted by atomic mass is 10.0. The fourth-order valence-electron chi connectivity index (χ4n) is 3.75. The van der Waals surface area contributed by atoms with Crippen LogP contribution in [0.2, 0.25) is 0 Å². The van der Waals surface area contributed by atoms with Gasteiger partial charge in [-0.3, -0.25) is 20.4 Å². The van der Waals surface area contributed by atoms with Crippen molar-refractivity contribution >= 4 is 28.3 Å². The van der Waals surface area contributed by atoms with E-state index in [-0.39, 0.29) is 12.5 Å². The molecule has 0 bridgehead atoms. The van der Waals surface area contributed by atoms with Crippen molar-refractivity contribution in [2.45, 2.75) is 12.8 Å². The molecule has 0 aliphatic carbocycles. The zero-order valence-corrected chi connectivity index (χ0v) is 16.3. The summed E-state index contributed by atoms with van der Waals surface area (Å²) < 4.78 is 5.36. The van der Waals surface area contributed by atoms with Crippen LogP contribution in [0.5, 0.6) is 5.75 Å². The zero-order valence-electron chi connectivity index (χ0n) is 16.3. The van der Waals surface area contributed by atoms with Crippen molar-refractivity contribution in [1.29, 1.82) is 0 Å². The van der Waals surface area contributed by atoms with Crippen molar-refractivity contribution in [2.75, 3.05) is 25.1 Å². The Balaban J connectivity index is 1.42. The second-order valence-electron chi connectivity index (χ2n) is 7.06. The summed E-state index contributed by atoms with van der Waals surface area (Å²) in [5, 5.41) is 1.91. The Hall–Kier alpha value is -3.54. The maximum Gasteiger partial charge on any atom is 0.273 e. The summed E-state index contributed by atoms with van der Waals surface area (Å²) in [4.78, 5) is 27.1. The van der Waals surface area contributed by atoms with Gasteiger partial charge in [-0.1, -0.05) is 42.5 Å². The third kappa shape index (κ3) is 4.01. The lowest BCUT2D eigenvalue weighted by Gasteiger charge is -2.30. The van der Waals surface area contributed by atoms with Crippen LogP contribution in [0.15, 0.2) is 60.7 Å². The van der Waals surface area contributed by atoms with E-state index in [0.717, 1.165) is 35.8 Å². The lowest BCUT2D eigenvalue weighted by Crippen LogP contribution is -2.47. The highest BCUT2D eigenvalue weighted by molar-refractivity contribution is 6.02.